The molecule has 0 heterocycles. The molecular weight excluding hydrogens is 236 g/mol. The van der Waals surface area contributed by atoms with Crippen LogP contribution >= 0.6 is 0 Å². The van der Waals surface area contributed by atoms with E-state index in [1.165, 1.54) is 0 Å². The Labute approximate surface area is 113 Å². The predicted molar refractivity (Wildman–Crippen MR) is 79.9 cm³/mol. The molecule has 0 bridgehead atoms. The predicted octanol–water partition coefficient (Wildman–Crippen LogP) is 3.60. The highest BCUT2D eigenvalue weighted by atomic mass is 16.1. The normalized spacial score (nSPS) is 10.1. The molecule has 2 rings (SSSR count). The average molecular weight is 254 g/mol. The first-order chi connectivity index (χ1) is 9.11. The molecule has 2 N–H and O–H groups in total. The Bertz CT molecular complexity index is 585. The topological polar surface area (TPSA) is 41.1 Å². The van der Waals surface area contributed by atoms with Gasteiger partial charge in [0.2, 0.25) is 0 Å². The standard InChI is InChI=1S/C16H18N2O/c1-11-6-4-7-12(2)15(11)18-16(19)13-8-5-9-14(10-13)17-3/h4-10,17H,1-3H3,(H,18,19). The molecule has 0 unspecified atom stereocenters. The Balaban J connectivity index is 2.25. The molecule has 0 aliphatic heterocycles. The van der Waals surface area contributed by atoms with Crippen molar-refractivity contribution in [3.8, 4) is 0 Å². The van der Waals surface area contributed by atoms with Crippen molar-refractivity contribution < 1.29 is 4.79 Å². The number of hydrogen-bond donors (Lipinski definition) is 2. The van der Waals surface area contributed by atoms with Crippen molar-refractivity contribution in [2.24, 2.45) is 0 Å². The summed E-state index contributed by atoms with van der Waals surface area (Å²) < 4.78 is 0. The molecule has 0 fully saturated rings. The van der Waals surface area contributed by atoms with Crippen LogP contribution in [0.2, 0.25) is 0 Å². The van der Waals surface area contributed by atoms with Gasteiger partial charge in [0.15, 0.2) is 0 Å². The molecule has 2 aromatic rings. The second-order valence-electron chi connectivity index (χ2n) is 4.55. The van der Waals surface area contributed by atoms with Crippen LogP contribution in [0.4, 0.5) is 11.4 Å². The third kappa shape index (κ3) is 2.94. The van der Waals surface area contributed by atoms with Gasteiger partial charge >= 0.3 is 0 Å². The van der Waals surface area contributed by atoms with Crippen LogP contribution in [0.15, 0.2) is 42.5 Å². The van der Waals surface area contributed by atoms with Crippen LogP contribution in [0.25, 0.3) is 0 Å². The Kier molecular flexibility index (Phi) is 3.85. The zero-order chi connectivity index (χ0) is 13.8. The molecule has 2 aromatic carbocycles. The number of para-hydroxylation sites is 1. The number of rotatable bonds is 3. The summed E-state index contributed by atoms with van der Waals surface area (Å²) in [5, 5.41) is 6.01. The van der Waals surface area contributed by atoms with Crippen LogP contribution in [0, 0.1) is 13.8 Å². The number of benzene rings is 2. The summed E-state index contributed by atoms with van der Waals surface area (Å²) in [6.07, 6.45) is 0. The van der Waals surface area contributed by atoms with Gasteiger partial charge in [-0.05, 0) is 43.2 Å². The lowest BCUT2D eigenvalue weighted by Crippen LogP contribution is -2.13. The van der Waals surface area contributed by atoms with Gasteiger partial charge in [0, 0.05) is 24.0 Å². The minimum absolute atomic E-state index is 0.0884. The summed E-state index contributed by atoms with van der Waals surface area (Å²) in [4.78, 5) is 12.2. The van der Waals surface area contributed by atoms with Crippen molar-refractivity contribution in [3.63, 3.8) is 0 Å². The van der Waals surface area contributed by atoms with Crippen molar-refractivity contribution in [1.82, 2.24) is 0 Å². The maximum atomic E-state index is 12.2. The first-order valence-corrected chi connectivity index (χ1v) is 6.27. The van der Waals surface area contributed by atoms with E-state index in [1.807, 2.05) is 63.4 Å². The van der Waals surface area contributed by atoms with Gasteiger partial charge in [-0.3, -0.25) is 4.79 Å². The van der Waals surface area contributed by atoms with E-state index in [0.29, 0.717) is 5.56 Å². The van der Waals surface area contributed by atoms with E-state index in [9.17, 15) is 4.79 Å². The van der Waals surface area contributed by atoms with Gasteiger partial charge in [0.1, 0.15) is 0 Å². The van der Waals surface area contributed by atoms with E-state index in [1.54, 1.807) is 0 Å². The van der Waals surface area contributed by atoms with Gasteiger partial charge in [-0.1, -0.05) is 24.3 Å². The van der Waals surface area contributed by atoms with Crippen LogP contribution < -0.4 is 10.6 Å². The fraction of sp³-hybridized carbons (Fsp3) is 0.188. The van der Waals surface area contributed by atoms with Gasteiger partial charge in [-0.2, -0.15) is 0 Å². The van der Waals surface area contributed by atoms with Crippen molar-refractivity contribution in [2.45, 2.75) is 13.8 Å². The molecule has 0 radical (unpaired) electrons. The molecule has 0 spiro atoms. The van der Waals surface area contributed by atoms with Crippen molar-refractivity contribution in [3.05, 3.63) is 59.2 Å². The molecule has 0 saturated heterocycles. The molecule has 0 aliphatic rings. The highest BCUT2D eigenvalue weighted by Gasteiger charge is 2.09. The third-order valence-electron chi connectivity index (χ3n) is 3.13. The minimum atomic E-state index is -0.0884. The number of anilines is 2. The van der Waals surface area contributed by atoms with Gasteiger partial charge < -0.3 is 10.6 Å². The van der Waals surface area contributed by atoms with Crippen LogP contribution in [0.3, 0.4) is 0 Å². The van der Waals surface area contributed by atoms with E-state index in [4.69, 9.17) is 0 Å². The van der Waals surface area contributed by atoms with Gasteiger partial charge in [-0.15, -0.1) is 0 Å². The fourth-order valence-electron chi connectivity index (χ4n) is 2.01. The van der Waals surface area contributed by atoms with E-state index in [2.05, 4.69) is 10.6 Å². The van der Waals surface area contributed by atoms with Crippen molar-refractivity contribution in [1.29, 1.82) is 0 Å². The highest BCUT2D eigenvalue weighted by Crippen LogP contribution is 2.20. The maximum Gasteiger partial charge on any atom is 0.255 e. The highest BCUT2D eigenvalue weighted by molar-refractivity contribution is 6.05. The third-order valence-corrected chi connectivity index (χ3v) is 3.13. The number of amides is 1. The van der Waals surface area contributed by atoms with E-state index in [0.717, 1.165) is 22.5 Å². The maximum absolute atomic E-state index is 12.2. The average Bonchev–Trinajstić information content (AvgIpc) is 2.43. The summed E-state index contributed by atoms with van der Waals surface area (Å²) in [5.41, 5.74) is 4.60. The van der Waals surface area contributed by atoms with Gasteiger partial charge in [0.25, 0.3) is 5.91 Å². The summed E-state index contributed by atoms with van der Waals surface area (Å²) in [6, 6.07) is 13.4. The second-order valence-corrected chi connectivity index (χ2v) is 4.55. The fourth-order valence-corrected chi connectivity index (χ4v) is 2.01. The Hall–Kier alpha value is -2.29. The molecule has 0 atom stereocenters. The molecule has 1 amide bonds. The number of aryl methyl sites for hydroxylation is 2. The van der Waals surface area contributed by atoms with Crippen LogP contribution in [-0.2, 0) is 0 Å². The van der Waals surface area contributed by atoms with E-state index >= 15 is 0 Å². The molecular formula is C16H18N2O. The lowest BCUT2D eigenvalue weighted by molar-refractivity contribution is 0.102. The monoisotopic (exact) mass is 254 g/mol. The first kappa shape index (κ1) is 13.1. The summed E-state index contributed by atoms with van der Waals surface area (Å²) in [7, 11) is 1.84. The van der Waals surface area contributed by atoms with Crippen molar-refractivity contribution >= 4 is 17.3 Å². The van der Waals surface area contributed by atoms with Crippen molar-refractivity contribution in [2.75, 3.05) is 17.7 Å². The number of carbonyl (C=O) groups excluding carboxylic acids is 1. The number of carbonyl (C=O) groups is 1. The molecule has 0 aliphatic carbocycles. The lowest BCUT2D eigenvalue weighted by Gasteiger charge is -2.12. The number of hydrogen-bond acceptors (Lipinski definition) is 2. The number of nitrogens with one attached hydrogen (secondary N) is 2. The minimum Gasteiger partial charge on any atom is -0.388 e. The lowest BCUT2D eigenvalue weighted by atomic mass is 10.1. The summed E-state index contributed by atoms with van der Waals surface area (Å²) in [6.45, 7) is 3.99. The largest absolute Gasteiger partial charge is 0.388 e. The van der Waals surface area contributed by atoms with E-state index < -0.39 is 0 Å². The molecule has 3 heteroatoms. The smallest absolute Gasteiger partial charge is 0.255 e. The SMILES string of the molecule is CNc1cccc(C(=O)Nc2c(C)cccc2C)c1. The summed E-state index contributed by atoms with van der Waals surface area (Å²) >= 11 is 0. The zero-order valence-electron chi connectivity index (χ0n) is 11.4. The Morgan fingerprint density at radius 3 is 2.26 bits per heavy atom. The van der Waals surface area contributed by atoms with Gasteiger partial charge in [0.05, 0.1) is 0 Å². The van der Waals surface area contributed by atoms with Gasteiger partial charge in [-0.25, -0.2) is 0 Å². The Morgan fingerprint density at radius 2 is 1.63 bits per heavy atom. The van der Waals surface area contributed by atoms with Crippen LogP contribution in [-0.4, -0.2) is 13.0 Å². The Morgan fingerprint density at radius 1 is 1.00 bits per heavy atom. The van der Waals surface area contributed by atoms with Crippen LogP contribution in [0.5, 0.6) is 0 Å². The zero-order valence-corrected chi connectivity index (χ0v) is 11.4. The van der Waals surface area contributed by atoms with E-state index in [-0.39, 0.29) is 5.91 Å². The quantitative estimate of drug-likeness (QED) is 0.878. The summed E-state index contributed by atoms with van der Waals surface area (Å²) in [5.74, 6) is -0.0884. The molecule has 0 saturated carbocycles. The molecule has 0 aromatic heterocycles. The molecule has 98 valence electrons. The molecule has 19 heavy (non-hydrogen) atoms. The second kappa shape index (κ2) is 5.57. The van der Waals surface area contributed by atoms with Crippen LogP contribution in [0.1, 0.15) is 21.5 Å². The molecule has 3 nitrogen and oxygen atoms in total. The first-order valence-electron chi connectivity index (χ1n) is 6.27.